The van der Waals surface area contributed by atoms with Crippen molar-refractivity contribution in [1.29, 1.82) is 5.26 Å². The number of methoxy groups -OCH3 is 1. The molecule has 0 saturated carbocycles. The molecule has 0 saturated heterocycles. The number of carbonyl (C=O) groups excluding carboxylic acids is 1. The molecule has 0 bridgehead atoms. The molecule has 0 unspecified atom stereocenters. The van der Waals surface area contributed by atoms with Crippen LogP contribution >= 0.6 is 0 Å². The smallest absolute Gasteiger partial charge is 0.322 e. The summed E-state index contributed by atoms with van der Waals surface area (Å²) in [6, 6.07) is 8.71. The van der Waals surface area contributed by atoms with E-state index < -0.39 is 17.4 Å². The number of carbonyl (C=O) groups is 1. The first-order chi connectivity index (χ1) is 8.63. The van der Waals surface area contributed by atoms with Crippen LogP contribution < -0.4 is 5.73 Å². The molecule has 0 spiro atoms. The van der Waals surface area contributed by atoms with Gasteiger partial charge in [0.05, 0.1) is 18.9 Å². The lowest BCUT2D eigenvalue weighted by Gasteiger charge is -2.22. The van der Waals surface area contributed by atoms with Gasteiger partial charge < -0.3 is 10.5 Å². The van der Waals surface area contributed by atoms with Crippen LogP contribution in [-0.2, 0) is 14.9 Å². The molecular formula is C13H13N3O2. The van der Waals surface area contributed by atoms with Crippen molar-refractivity contribution in [3.8, 4) is 6.07 Å². The molecule has 0 aromatic heterocycles. The zero-order chi connectivity index (χ0) is 13.2. The van der Waals surface area contributed by atoms with Gasteiger partial charge in [-0.05, 0) is 6.07 Å². The highest BCUT2D eigenvalue weighted by atomic mass is 16.5. The summed E-state index contributed by atoms with van der Waals surface area (Å²) in [5, 5.41) is 9.42. The van der Waals surface area contributed by atoms with E-state index >= 15 is 0 Å². The van der Waals surface area contributed by atoms with Gasteiger partial charge in [0.15, 0.2) is 0 Å². The van der Waals surface area contributed by atoms with Gasteiger partial charge in [-0.2, -0.15) is 5.26 Å². The lowest BCUT2D eigenvalue weighted by Crippen LogP contribution is -2.39. The maximum Gasteiger partial charge on any atom is 0.322 e. The number of aliphatic imine (C=N–C) groups is 1. The number of esters is 1. The van der Waals surface area contributed by atoms with Gasteiger partial charge in [0, 0.05) is 18.2 Å². The molecule has 5 heteroatoms. The SMILES string of the molecule is COC(=O)[C@@H](N)C[C@]1(C#N)C=Nc2ccccc21. The molecule has 2 rings (SSSR count). The predicted molar refractivity (Wildman–Crippen MR) is 66.5 cm³/mol. The van der Waals surface area contributed by atoms with E-state index in [0.717, 1.165) is 11.3 Å². The number of rotatable bonds is 3. The number of nitrogens with two attached hydrogens (primary N) is 1. The van der Waals surface area contributed by atoms with Gasteiger partial charge in [0.2, 0.25) is 0 Å². The van der Waals surface area contributed by atoms with Gasteiger partial charge in [0.25, 0.3) is 0 Å². The van der Waals surface area contributed by atoms with Crippen molar-refractivity contribution < 1.29 is 9.53 Å². The van der Waals surface area contributed by atoms with Crippen LogP contribution in [-0.4, -0.2) is 25.3 Å². The summed E-state index contributed by atoms with van der Waals surface area (Å²) in [4.78, 5) is 15.6. The molecule has 1 heterocycles. The number of nitriles is 1. The summed E-state index contributed by atoms with van der Waals surface area (Å²) < 4.78 is 4.58. The standard InChI is InChI=1S/C13H13N3O2/c1-18-12(17)10(15)6-13(7-14)8-16-11-5-3-2-4-9(11)13/h2-5,8,10H,6,15H2,1H3/t10-,13-/m0/s1. The second kappa shape index (κ2) is 4.59. The molecule has 18 heavy (non-hydrogen) atoms. The summed E-state index contributed by atoms with van der Waals surface area (Å²) in [7, 11) is 1.28. The maximum absolute atomic E-state index is 11.4. The van der Waals surface area contributed by atoms with E-state index in [9.17, 15) is 10.1 Å². The average molecular weight is 243 g/mol. The molecule has 2 atom stereocenters. The van der Waals surface area contributed by atoms with Gasteiger partial charge in [-0.15, -0.1) is 0 Å². The second-order valence-electron chi connectivity index (χ2n) is 4.19. The molecule has 5 nitrogen and oxygen atoms in total. The van der Waals surface area contributed by atoms with Gasteiger partial charge in [-0.25, -0.2) is 0 Å². The first-order valence-electron chi connectivity index (χ1n) is 5.52. The molecule has 0 amide bonds. The molecule has 0 radical (unpaired) electrons. The third kappa shape index (κ3) is 1.87. The normalized spacial score (nSPS) is 22.1. The van der Waals surface area contributed by atoms with Crippen LogP contribution in [0.4, 0.5) is 5.69 Å². The van der Waals surface area contributed by atoms with Crippen LogP contribution in [0.5, 0.6) is 0 Å². The Kier molecular flexibility index (Phi) is 3.13. The minimum absolute atomic E-state index is 0.163. The van der Waals surface area contributed by atoms with Gasteiger partial charge in [-0.3, -0.25) is 9.79 Å². The summed E-state index contributed by atoms with van der Waals surface area (Å²) in [5.41, 5.74) is 6.33. The van der Waals surface area contributed by atoms with E-state index in [1.807, 2.05) is 24.3 Å². The monoisotopic (exact) mass is 243 g/mol. The summed E-state index contributed by atoms with van der Waals surface area (Å²) in [6.07, 6.45) is 1.72. The number of para-hydroxylation sites is 1. The van der Waals surface area contributed by atoms with Gasteiger partial charge >= 0.3 is 5.97 Å². The fourth-order valence-electron chi connectivity index (χ4n) is 2.09. The molecule has 1 aliphatic heterocycles. The van der Waals surface area contributed by atoms with Crippen LogP contribution in [0, 0.1) is 11.3 Å². The zero-order valence-corrected chi connectivity index (χ0v) is 9.96. The van der Waals surface area contributed by atoms with Crippen LogP contribution in [0.2, 0.25) is 0 Å². The predicted octanol–water partition coefficient (Wildman–Crippen LogP) is 1.05. The van der Waals surface area contributed by atoms with Crippen LogP contribution in [0.15, 0.2) is 29.3 Å². The Labute approximate surface area is 105 Å². The minimum Gasteiger partial charge on any atom is -0.468 e. The summed E-state index contributed by atoms with van der Waals surface area (Å²) in [6.45, 7) is 0. The van der Waals surface area contributed by atoms with Crippen molar-refractivity contribution in [3.63, 3.8) is 0 Å². The highest BCUT2D eigenvalue weighted by molar-refractivity contribution is 5.89. The van der Waals surface area contributed by atoms with E-state index in [1.54, 1.807) is 6.21 Å². The fourth-order valence-corrected chi connectivity index (χ4v) is 2.09. The first kappa shape index (κ1) is 12.3. The molecule has 2 N–H and O–H groups in total. The second-order valence-corrected chi connectivity index (χ2v) is 4.19. The molecular weight excluding hydrogens is 230 g/mol. The molecule has 92 valence electrons. The third-order valence-electron chi connectivity index (χ3n) is 3.05. The fraction of sp³-hybridized carbons (Fsp3) is 0.308. The number of benzene rings is 1. The maximum atomic E-state index is 11.4. The van der Waals surface area contributed by atoms with Crippen molar-refractivity contribution in [3.05, 3.63) is 29.8 Å². The number of ether oxygens (including phenoxy) is 1. The Morgan fingerprint density at radius 3 is 3.00 bits per heavy atom. The highest BCUT2D eigenvalue weighted by Crippen LogP contribution is 2.39. The Bertz CT molecular complexity index is 547. The zero-order valence-electron chi connectivity index (χ0n) is 9.96. The number of fused-ring (bicyclic) bond motifs is 1. The van der Waals surface area contributed by atoms with Crippen molar-refractivity contribution in [2.24, 2.45) is 10.7 Å². The molecule has 1 aromatic carbocycles. The Morgan fingerprint density at radius 2 is 2.33 bits per heavy atom. The topological polar surface area (TPSA) is 88.5 Å². The van der Waals surface area contributed by atoms with E-state index in [0.29, 0.717) is 0 Å². The lowest BCUT2D eigenvalue weighted by atomic mass is 9.79. The van der Waals surface area contributed by atoms with Crippen LogP contribution in [0.3, 0.4) is 0 Å². The largest absolute Gasteiger partial charge is 0.468 e. The van der Waals surface area contributed by atoms with Gasteiger partial charge in [-0.1, -0.05) is 18.2 Å². The average Bonchev–Trinajstić information content (AvgIpc) is 2.77. The van der Waals surface area contributed by atoms with Crippen molar-refractivity contribution in [2.45, 2.75) is 17.9 Å². The number of hydrogen-bond acceptors (Lipinski definition) is 5. The third-order valence-corrected chi connectivity index (χ3v) is 3.05. The van der Waals surface area contributed by atoms with E-state index in [1.165, 1.54) is 7.11 Å². The van der Waals surface area contributed by atoms with Crippen molar-refractivity contribution in [1.82, 2.24) is 0 Å². The van der Waals surface area contributed by atoms with E-state index in [2.05, 4.69) is 15.8 Å². The Hall–Kier alpha value is -2.19. The highest BCUT2D eigenvalue weighted by Gasteiger charge is 2.39. The molecule has 0 fully saturated rings. The van der Waals surface area contributed by atoms with Crippen molar-refractivity contribution >= 4 is 17.9 Å². The van der Waals surface area contributed by atoms with E-state index in [4.69, 9.17) is 5.73 Å². The first-order valence-corrected chi connectivity index (χ1v) is 5.52. The number of nitrogens with zero attached hydrogens (tertiary/aromatic N) is 2. The molecule has 0 aliphatic carbocycles. The minimum atomic E-state index is -0.940. The molecule has 1 aromatic rings. The quantitative estimate of drug-likeness (QED) is 0.804. The van der Waals surface area contributed by atoms with Crippen LogP contribution in [0.25, 0.3) is 0 Å². The van der Waals surface area contributed by atoms with Gasteiger partial charge in [0.1, 0.15) is 11.5 Å². The summed E-state index contributed by atoms with van der Waals surface area (Å²) >= 11 is 0. The molecule has 1 aliphatic rings. The Balaban J connectivity index is 2.33. The van der Waals surface area contributed by atoms with Crippen molar-refractivity contribution in [2.75, 3.05) is 7.11 Å². The Morgan fingerprint density at radius 1 is 1.61 bits per heavy atom. The lowest BCUT2D eigenvalue weighted by molar-refractivity contribution is -0.142. The summed E-state index contributed by atoms with van der Waals surface area (Å²) in [5.74, 6) is -0.526. The van der Waals surface area contributed by atoms with E-state index in [-0.39, 0.29) is 6.42 Å². The van der Waals surface area contributed by atoms with Crippen LogP contribution in [0.1, 0.15) is 12.0 Å². The number of hydrogen-bond donors (Lipinski definition) is 1.